The van der Waals surface area contributed by atoms with Gasteiger partial charge in [-0.05, 0) is 85.3 Å². The van der Waals surface area contributed by atoms with Crippen LogP contribution in [0.15, 0.2) is 82.6 Å². The minimum absolute atomic E-state index is 0.220. The van der Waals surface area contributed by atoms with Crippen LogP contribution >= 0.6 is 0 Å². The Balaban J connectivity index is 1.72. The van der Waals surface area contributed by atoms with Crippen LogP contribution in [0.5, 0.6) is 0 Å². The third kappa shape index (κ3) is 6.07. The molecule has 0 fully saturated rings. The van der Waals surface area contributed by atoms with E-state index in [1.54, 1.807) is 60.7 Å². The molecule has 0 atom stereocenters. The maximum atomic E-state index is 13.3. The zero-order valence-electron chi connectivity index (χ0n) is 21.1. The van der Waals surface area contributed by atoms with Gasteiger partial charge in [-0.1, -0.05) is 62.4 Å². The van der Waals surface area contributed by atoms with E-state index < -0.39 is 19.7 Å². The van der Waals surface area contributed by atoms with E-state index in [4.69, 9.17) is 0 Å². The minimum atomic E-state index is -3.63. The molecular formula is C29H35NO4S2. The summed E-state index contributed by atoms with van der Waals surface area (Å²) in [4.78, 5) is 3.01. The fourth-order valence-corrected chi connectivity index (χ4v) is 7.99. The fraction of sp³-hybridized carbons (Fsp3) is 0.379. The molecule has 36 heavy (non-hydrogen) atoms. The first-order valence-corrected chi connectivity index (χ1v) is 16.0. The van der Waals surface area contributed by atoms with Gasteiger partial charge in [-0.25, -0.2) is 16.8 Å². The molecule has 1 aliphatic carbocycles. The van der Waals surface area contributed by atoms with Crippen LogP contribution in [0, 0.1) is 0 Å². The standard InChI is InChI=1S/C29H35NO4S2/c1-3-15-30(16-4-2)27-19-23-17-25(21-35(31,32)28-11-7-5-8-12-28)26(18-24(23)20-27)22-36(33,34)29-13-9-6-10-14-29/h5-14,17-18,27H,3-4,15-16,19-22H2,1-2H3. The van der Waals surface area contributed by atoms with Crippen molar-refractivity contribution in [3.05, 3.63) is 95.1 Å². The lowest BCUT2D eigenvalue weighted by Gasteiger charge is -2.27. The number of rotatable bonds is 11. The van der Waals surface area contributed by atoms with Gasteiger partial charge in [0.05, 0.1) is 21.3 Å². The maximum absolute atomic E-state index is 13.3. The first-order chi connectivity index (χ1) is 17.2. The zero-order chi connectivity index (χ0) is 25.8. The smallest absolute Gasteiger partial charge is 0.182 e. The lowest BCUT2D eigenvalue weighted by Crippen LogP contribution is -2.37. The molecular weight excluding hydrogens is 490 g/mol. The lowest BCUT2D eigenvalue weighted by molar-refractivity contribution is 0.202. The molecule has 7 heteroatoms. The van der Waals surface area contributed by atoms with Crippen molar-refractivity contribution in [2.45, 2.75) is 66.9 Å². The summed E-state index contributed by atoms with van der Waals surface area (Å²) in [6, 6.07) is 21.0. The Hall–Kier alpha value is -2.48. The van der Waals surface area contributed by atoms with Gasteiger partial charge in [-0.3, -0.25) is 4.90 Å². The van der Waals surface area contributed by atoms with E-state index in [9.17, 15) is 16.8 Å². The summed E-state index contributed by atoms with van der Waals surface area (Å²) in [7, 11) is -7.25. The van der Waals surface area contributed by atoms with Crippen molar-refractivity contribution in [1.29, 1.82) is 0 Å². The molecule has 3 aromatic rings. The molecule has 0 unspecified atom stereocenters. The van der Waals surface area contributed by atoms with Crippen LogP contribution in [0.1, 0.15) is 48.9 Å². The molecule has 3 aromatic carbocycles. The van der Waals surface area contributed by atoms with E-state index in [1.165, 1.54) is 0 Å². The molecule has 5 nitrogen and oxygen atoms in total. The van der Waals surface area contributed by atoms with Crippen LogP contribution in [0.25, 0.3) is 0 Å². The SMILES string of the molecule is CCCN(CCC)C1Cc2cc(CS(=O)(=O)c3ccccc3)c(CS(=O)(=O)c3ccccc3)cc2C1. The van der Waals surface area contributed by atoms with Crippen LogP contribution in [-0.4, -0.2) is 40.9 Å². The third-order valence-corrected chi connectivity index (χ3v) is 10.2. The summed E-state index contributed by atoms with van der Waals surface area (Å²) < 4.78 is 53.1. The Bertz CT molecular complexity index is 1280. The lowest BCUT2D eigenvalue weighted by atomic mass is 10.0. The monoisotopic (exact) mass is 525 g/mol. The van der Waals surface area contributed by atoms with Crippen molar-refractivity contribution in [3.8, 4) is 0 Å². The Morgan fingerprint density at radius 1 is 0.667 bits per heavy atom. The molecule has 0 amide bonds. The van der Waals surface area contributed by atoms with Gasteiger partial charge in [-0.15, -0.1) is 0 Å². The predicted octanol–water partition coefficient (Wildman–Crippen LogP) is 5.22. The predicted molar refractivity (Wildman–Crippen MR) is 144 cm³/mol. The van der Waals surface area contributed by atoms with E-state index >= 15 is 0 Å². The molecule has 0 saturated heterocycles. The molecule has 0 bridgehead atoms. The number of hydrogen-bond donors (Lipinski definition) is 0. The second kappa shape index (κ2) is 11.3. The Labute approximate surface area is 216 Å². The molecule has 0 spiro atoms. The number of nitrogens with zero attached hydrogens (tertiary/aromatic N) is 1. The van der Waals surface area contributed by atoms with Crippen molar-refractivity contribution in [1.82, 2.24) is 4.90 Å². The number of benzene rings is 3. The van der Waals surface area contributed by atoms with Gasteiger partial charge >= 0.3 is 0 Å². The van der Waals surface area contributed by atoms with Gasteiger partial charge in [0.25, 0.3) is 0 Å². The Morgan fingerprint density at radius 3 is 1.42 bits per heavy atom. The summed E-state index contributed by atoms with van der Waals surface area (Å²) in [6.45, 7) is 6.42. The average Bonchev–Trinajstić information content (AvgIpc) is 3.27. The number of hydrogen-bond acceptors (Lipinski definition) is 5. The number of sulfone groups is 2. The second-order valence-corrected chi connectivity index (χ2v) is 13.6. The van der Waals surface area contributed by atoms with Gasteiger partial charge in [-0.2, -0.15) is 0 Å². The highest BCUT2D eigenvalue weighted by atomic mass is 32.2. The summed E-state index contributed by atoms with van der Waals surface area (Å²) in [5.74, 6) is -0.440. The topological polar surface area (TPSA) is 71.5 Å². The summed E-state index contributed by atoms with van der Waals surface area (Å²) in [6.07, 6.45) is 3.88. The zero-order valence-corrected chi connectivity index (χ0v) is 22.7. The molecule has 0 N–H and O–H groups in total. The highest BCUT2D eigenvalue weighted by molar-refractivity contribution is 7.91. The van der Waals surface area contributed by atoms with E-state index in [-0.39, 0.29) is 21.3 Å². The Kier molecular flexibility index (Phi) is 8.33. The number of fused-ring (bicyclic) bond motifs is 1. The normalized spacial score (nSPS) is 14.3. The van der Waals surface area contributed by atoms with Crippen LogP contribution in [0.2, 0.25) is 0 Å². The molecule has 0 saturated carbocycles. The molecule has 1 aliphatic rings. The van der Waals surface area contributed by atoms with Crippen LogP contribution in [0.3, 0.4) is 0 Å². The first-order valence-electron chi connectivity index (χ1n) is 12.7. The summed E-state index contributed by atoms with van der Waals surface area (Å²) in [5, 5.41) is 0. The summed E-state index contributed by atoms with van der Waals surface area (Å²) >= 11 is 0. The van der Waals surface area contributed by atoms with E-state index in [0.717, 1.165) is 49.9 Å². The van der Waals surface area contributed by atoms with Crippen LogP contribution < -0.4 is 0 Å². The van der Waals surface area contributed by atoms with Crippen LogP contribution in [-0.2, 0) is 44.0 Å². The van der Waals surface area contributed by atoms with Crippen molar-refractivity contribution in [3.63, 3.8) is 0 Å². The quantitative estimate of drug-likeness (QED) is 0.343. The van der Waals surface area contributed by atoms with Gasteiger partial charge < -0.3 is 0 Å². The molecule has 192 valence electrons. The highest BCUT2D eigenvalue weighted by Crippen LogP contribution is 2.32. The van der Waals surface area contributed by atoms with Gasteiger partial charge in [0.1, 0.15) is 0 Å². The van der Waals surface area contributed by atoms with Crippen molar-refractivity contribution in [2.24, 2.45) is 0 Å². The van der Waals surface area contributed by atoms with E-state index in [2.05, 4.69) is 18.7 Å². The third-order valence-electron chi connectivity index (χ3n) is 6.87. The van der Waals surface area contributed by atoms with Crippen LogP contribution in [0.4, 0.5) is 0 Å². The maximum Gasteiger partial charge on any atom is 0.182 e. The van der Waals surface area contributed by atoms with Gasteiger partial charge in [0, 0.05) is 6.04 Å². The average molecular weight is 526 g/mol. The van der Waals surface area contributed by atoms with E-state index in [1.807, 2.05) is 12.1 Å². The minimum Gasteiger partial charge on any atom is -0.300 e. The highest BCUT2D eigenvalue weighted by Gasteiger charge is 2.29. The Morgan fingerprint density at radius 2 is 1.06 bits per heavy atom. The fourth-order valence-electron chi connectivity index (χ4n) is 5.16. The van der Waals surface area contributed by atoms with Gasteiger partial charge in [0.15, 0.2) is 19.7 Å². The second-order valence-electron chi connectivity index (χ2n) is 9.63. The molecule has 0 aromatic heterocycles. The largest absolute Gasteiger partial charge is 0.300 e. The van der Waals surface area contributed by atoms with Crippen molar-refractivity contribution in [2.75, 3.05) is 13.1 Å². The van der Waals surface area contributed by atoms with Crippen molar-refractivity contribution < 1.29 is 16.8 Å². The molecule has 0 aliphatic heterocycles. The molecule has 4 rings (SSSR count). The van der Waals surface area contributed by atoms with Crippen molar-refractivity contribution >= 4 is 19.7 Å². The van der Waals surface area contributed by atoms with E-state index in [0.29, 0.717) is 17.2 Å². The molecule has 0 radical (unpaired) electrons. The van der Waals surface area contributed by atoms with Gasteiger partial charge in [0.2, 0.25) is 0 Å². The summed E-state index contributed by atoms with van der Waals surface area (Å²) in [5.41, 5.74) is 3.43. The first kappa shape index (κ1) is 26.6. The molecule has 0 heterocycles.